The molecule has 0 bridgehead atoms. The Balaban J connectivity index is 0.00000162. The van der Waals surface area contributed by atoms with Gasteiger partial charge in [-0.25, -0.2) is 0 Å². The van der Waals surface area contributed by atoms with Gasteiger partial charge in [-0.1, -0.05) is 54.1 Å². The largest absolute Gasteiger partial charge is 0.324 e. The Hall–Kier alpha value is 0.340. The van der Waals surface area contributed by atoms with Crippen LogP contribution in [0.2, 0.25) is 15.1 Å². The molecule has 1 aliphatic carbocycles. The minimum atomic E-state index is -0.0565. The molecule has 102 valence electrons. The molecular weight excluding hydrogens is 312 g/mol. The van der Waals surface area contributed by atoms with Crippen LogP contribution in [0.1, 0.15) is 43.7 Å². The fourth-order valence-electron chi connectivity index (χ4n) is 2.57. The molecule has 0 aromatic heterocycles. The van der Waals surface area contributed by atoms with Crippen molar-refractivity contribution in [3.63, 3.8) is 0 Å². The Morgan fingerprint density at radius 2 is 1.67 bits per heavy atom. The van der Waals surface area contributed by atoms with E-state index in [4.69, 9.17) is 40.5 Å². The normalized spacial score (nSPS) is 18.2. The Morgan fingerprint density at radius 3 is 2.28 bits per heavy atom. The Bertz CT molecular complexity index is 402. The van der Waals surface area contributed by atoms with Gasteiger partial charge in [0.15, 0.2) is 0 Å². The quantitative estimate of drug-likeness (QED) is 0.697. The maximum absolute atomic E-state index is 6.31. The minimum absolute atomic E-state index is 0. The zero-order chi connectivity index (χ0) is 12.4. The van der Waals surface area contributed by atoms with Gasteiger partial charge in [0.25, 0.3) is 0 Å². The first-order valence-electron chi connectivity index (χ1n) is 5.99. The van der Waals surface area contributed by atoms with E-state index in [0.717, 1.165) is 5.56 Å². The van der Waals surface area contributed by atoms with Crippen LogP contribution in [-0.2, 0) is 0 Å². The van der Waals surface area contributed by atoms with E-state index >= 15 is 0 Å². The second kappa shape index (κ2) is 7.21. The molecule has 1 aromatic carbocycles. The number of hydrogen-bond donors (Lipinski definition) is 1. The Labute approximate surface area is 129 Å². The molecule has 1 saturated carbocycles. The lowest BCUT2D eigenvalue weighted by Gasteiger charge is -2.28. The van der Waals surface area contributed by atoms with Crippen molar-refractivity contribution in [1.82, 2.24) is 0 Å². The van der Waals surface area contributed by atoms with Gasteiger partial charge in [-0.05, 0) is 36.5 Å². The molecule has 0 heterocycles. The van der Waals surface area contributed by atoms with Gasteiger partial charge in [-0.2, -0.15) is 0 Å². The number of nitrogens with two attached hydrogens (primary N) is 1. The molecule has 1 aliphatic rings. The van der Waals surface area contributed by atoms with Gasteiger partial charge in [-0.15, -0.1) is 12.4 Å². The highest BCUT2D eigenvalue weighted by atomic mass is 35.5. The molecule has 0 saturated heterocycles. The van der Waals surface area contributed by atoms with E-state index in [0.29, 0.717) is 21.0 Å². The van der Waals surface area contributed by atoms with Crippen LogP contribution in [0.25, 0.3) is 0 Å². The third kappa shape index (κ3) is 3.68. The molecule has 0 aliphatic heterocycles. The predicted octanol–water partition coefficient (Wildman–Crippen LogP) is 5.65. The topological polar surface area (TPSA) is 26.0 Å². The van der Waals surface area contributed by atoms with Crippen molar-refractivity contribution in [3.05, 3.63) is 32.8 Å². The van der Waals surface area contributed by atoms with Crippen molar-refractivity contribution in [3.8, 4) is 0 Å². The molecule has 1 aromatic rings. The number of hydrogen-bond acceptors (Lipinski definition) is 1. The molecule has 5 heteroatoms. The van der Waals surface area contributed by atoms with Crippen molar-refractivity contribution >= 4 is 47.2 Å². The van der Waals surface area contributed by atoms with Gasteiger partial charge in [0, 0.05) is 11.1 Å². The second-order valence-electron chi connectivity index (χ2n) is 4.71. The van der Waals surface area contributed by atoms with Gasteiger partial charge in [0.05, 0.1) is 10.0 Å². The molecule has 0 spiro atoms. The standard InChI is InChI=1S/C13H16Cl3N.ClH/c14-9-6-10(12(16)11(15)7-9)13(17)8-4-2-1-3-5-8;/h6-8,13H,1-5,17H2;1H/t13-;/m0./s1. The Morgan fingerprint density at radius 1 is 1.06 bits per heavy atom. The van der Waals surface area contributed by atoms with Crippen LogP contribution < -0.4 is 5.73 Å². The van der Waals surface area contributed by atoms with Crippen LogP contribution in [-0.4, -0.2) is 0 Å². The number of benzene rings is 1. The summed E-state index contributed by atoms with van der Waals surface area (Å²) in [4.78, 5) is 0. The number of rotatable bonds is 2. The van der Waals surface area contributed by atoms with E-state index in [-0.39, 0.29) is 18.4 Å². The van der Waals surface area contributed by atoms with Crippen molar-refractivity contribution in [2.45, 2.75) is 38.1 Å². The van der Waals surface area contributed by atoms with Gasteiger partial charge >= 0.3 is 0 Å². The molecular formula is C13H17Cl4N. The van der Waals surface area contributed by atoms with Gasteiger partial charge in [0.2, 0.25) is 0 Å². The van der Waals surface area contributed by atoms with Crippen LogP contribution in [0.4, 0.5) is 0 Å². The van der Waals surface area contributed by atoms with E-state index < -0.39 is 0 Å². The summed E-state index contributed by atoms with van der Waals surface area (Å²) in [6.45, 7) is 0. The summed E-state index contributed by atoms with van der Waals surface area (Å²) in [5.74, 6) is 0.496. The molecule has 1 fully saturated rings. The maximum atomic E-state index is 6.31. The zero-order valence-corrected chi connectivity index (χ0v) is 13.0. The van der Waals surface area contributed by atoms with Gasteiger partial charge in [0.1, 0.15) is 0 Å². The van der Waals surface area contributed by atoms with Crippen molar-refractivity contribution < 1.29 is 0 Å². The van der Waals surface area contributed by atoms with Crippen LogP contribution in [0, 0.1) is 5.92 Å². The number of halogens is 4. The van der Waals surface area contributed by atoms with E-state index in [2.05, 4.69) is 0 Å². The summed E-state index contributed by atoms with van der Waals surface area (Å²) >= 11 is 18.2. The Kier molecular flexibility index (Phi) is 6.57. The third-order valence-electron chi connectivity index (χ3n) is 3.54. The maximum Gasteiger partial charge on any atom is 0.0641 e. The zero-order valence-electron chi connectivity index (χ0n) is 9.96. The fourth-order valence-corrected chi connectivity index (χ4v) is 3.31. The summed E-state index contributed by atoms with van der Waals surface area (Å²) in [5, 5.41) is 1.63. The summed E-state index contributed by atoms with van der Waals surface area (Å²) in [6.07, 6.45) is 6.16. The first kappa shape index (κ1) is 16.4. The summed E-state index contributed by atoms with van der Waals surface area (Å²) < 4.78 is 0. The van der Waals surface area contributed by atoms with Crippen LogP contribution >= 0.6 is 47.2 Å². The third-order valence-corrected chi connectivity index (χ3v) is 4.57. The van der Waals surface area contributed by atoms with E-state index in [9.17, 15) is 0 Å². The molecule has 0 unspecified atom stereocenters. The molecule has 2 rings (SSSR count). The lowest BCUT2D eigenvalue weighted by atomic mass is 9.81. The second-order valence-corrected chi connectivity index (χ2v) is 5.94. The molecule has 1 atom stereocenters. The fraction of sp³-hybridized carbons (Fsp3) is 0.538. The summed E-state index contributed by atoms with van der Waals surface area (Å²) in [7, 11) is 0. The van der Waals surface area contributed by atoms with E-state index in [1.54, 1.807) is 6.07 Å². The van der Waals surface area contributed by atoms with Crippen LogP contribution in [0.5, 0.6) is 0 Å². The minimum Gasteiger partial charge on any atom is -0.324 e. The van der Waals surface area contributed by atoms with Crippen molar-refractivity contribution in [1.29, 1.82) is 0 Å². The highest BCUT2D eigenvalue weighted by Crippen LogP contribution is 2.39. The SMILES string of the molecule is Cl.N[C@H](c1cc(Cl)cc(Cl)c1Cl)C1CCCCC1. The highest BCUT2D eigenvalue weighted by Gasteiger charge is 2.24. The van der Waals surface area contributed by atoms with E-state index in [1.165, 1.54) is 32.1 Å². The lowest BCUT2D eigenvalue weighted by Crippen LogP contribution is -2.23. The first-order valence-corrected chi connectivity index (χ1v) is 7.13. The summed E-state index contributed by atoms with van der Waals surface area (Å²) in [6, 6.07) is 3.44. The summed E-state index contributed by atoms with van der Waals surface area (Å²) in [5.41, 5.74) is 7.19. The van der Waals surface area contributed by atoms with Crippen molar-refractivity contribution in [2.24, 2.45) is 11.7 Å². The molecule has 0 radical (unpaired) electrons. The predicted molar refractivity (Wildman–Crippen MR) is 82.2 cm³/mol. The molecule has 1 nitrogen and oxygen atoms in total. The monoisotopic (exact) mass is 327 g/mol. The lowest BCUT2D eigenvalue weighted by molar-refractivity contribution is 0.308. The van der Waals surface area contributed by atoms with Gasteiger partial charge in [-0.3, -0.25) is 0 Å². The molecule has 18 heavy (non-hydrogen) atoms. The average molecular weight is 329 g/mol. The smallest absolute Gasteiger partial charge is 0.0641 e. The van der Waals surface area contributed by atoms with Gasteiger partial charge < -0.3 is 5.73 Å². The highest BCUT2D eigenvalue weighted by molar-refractivity contribution is 6.43. The van der Waals surface area contributed by atoms with Crippen LogP contribution in [0.15, 0.2) is 12.1 Å². The molecule has 0 amide bonds. The molecule has 2 N–H and O–H groups in total. The van der Waals surface area contributed by atoms with Crippen molar-refractivity contribution in [2.75, 3.05) is 0 Å². The van der Waals surface area contributed by atoms with Crippen LogP contribution in [0.3, 0.4) is 0 Å². The van der Waals surface area contributed by atoms with E-state index in [1.807, 2.05) is 6.07 Å². The average Bonchev–Trinajstić information content (AvgIpc) is 2.34. The first-order chi connectivity index (χ1) is 8.09.